The van der Waals surface area contributed by atoms with Crippen LogP contribution in [-0.4, -0.2) is 43.1 Å². The molecule has 0 aliphatic carbocycles. The number of carbonyl (C=O) groups excluding carboxylic acids is 2. The molecule has 1 saturated heterocycles. The maximum atomic E-state index is 12.7. The fraction of sp³-hybridized carbons (Fsp3) is 0.348. The third-order valence-electron chi connectivity index (χ3n) is 5.46. The Morgan fingerprint density at radius 2 is 2.19 bits per heavy atom. The molecule has 2 amide bonds. The van der Waals surface area contributed by atoms with E-state index in [0.717, 1.165) is 30.8 Å². The van der Waals surface area contributed by atoms with Crippen LogP contribution < -0.4 is 25.4 Å². The Morgan fingerprint density at radius 3 is 2.94 bits per heavy atom. The topological polar surface area (TPSA) is 107 Å². The molecule has 1 aromatic carbocycles. The zero-order chi connectivity index (χ0) is 21.8. The van der Waals surface area contributed by atoms with Crippen LogP contribution in [0.4, 0.5) is 11.5 Å². The van der Waals surface area contributed by atoms with Crippen LogP contribution in [0.3, 0.4) is 0 Å². The average molecular weight is 422 g/mol. The van der Waals surface area contributed by atoms with Crippen LogP contribution in [0.2, 0.25) is 0 Å². The highest BCUT2D eigenvalue weighted by Crippen LogP contribution is 2.36. The first-order valence-corrected chi connectivity index (χ1v) is 10.5. The number of nitrogens with zero attached hydrogens (tertiary/aromatic N) is 2. The Hall–Kier alpha value is -3.55. The zero-order valence-electron chi connectivity index (χ0n) is 17.5. The van der Waals surface area contributed by atoms with Gasteiger partial charge in [0, 0.05) is 18.7 Å². The van der Waals surface area contributed by atoms with Gasteiger partial charge in [0.15, 0.2) is 11.5 Å². The minimum atomic E-state index is -0.272. The first-order chi connectivity index (χ1) is 15.0. The van der Waals surface area contributed by atoms with Gasteiger partial charge in [0.05, 0.1) is 30.0 Å². The number of primary amides is 1. The number of pyridine rings is 1. The number of amides is 2. The molecule has 8 nitrogen and oxygen atoms in total. The summed E-state index contributed by atoms with van der Waals surface area (Å²) in [4.78, 5) is 30.7. The third kappa shape index (κ3) is 4.63. The Labute approximate surface area is 181 Å². The van der Waals surface area contributed by atoms with Crippen molar-refractivity contribution < 1.29 is 19.1 Å². The number of hydrogen-bond donors (Lipinski definition) is 2. The van der Waals surface area contributed by atoms with E-state index in [0.29, 0.717) is 35.9 Å². The van der Waals surface area contributed by atoms with E-state index in [1.165, 1.54) is 0 Å². The molecule has 4 rings (SSSR count). The summed E-state index contributed by atoms with van der Waals surface area (Å²) in [6.07, 6.45) is 5.14. The molecule has 1 aromatic heterocycles. The molecule has 1 fully saturated rings. The van der Waals surface area contributed by atoms with Gasteiger partial charge in [-0.3, -0.25) is 9.59 Å². The molecule has 8 heteroatoms. The van der Waals surface area contributed by atoms with Gasteiger partial charge in [0.25, 0.3) is 5.91 Å². The summed E-state index contributed by atoms with van der Waals surface area (Å²) >= 11 is 0. The number of rotatable bonds is 6. The monoisotopic (exact) mass is 422 g/mol. The predicted octanol–water partition coefficient (Wildman–Crippen LogP) is 2.60. The maximum Gasteiger partial charge on any atom is 0.255 e. The largest absolute Gasteiger partial charge is 0.490 e. The molecule has 31 heavy (non-hydrogen) atoms. The van der Waals surface area contributed by atoms with Gasteiger partial charge < -0.3 is 25.4 Å². The number of carbonyl (C=O) groups is 2. The lowest BCUT2D eigenvalue weighted by Gasteiger charge is -2.32. The van der Waals surface area contributed by atoms with Crippen molar-refractivity contribution in [3.63, 3.8) is 0 Å². The molecule has 3 heterocycles. The van der Waals surface area contributed by atoms with Crippen molar-refractivity contribution in [2.24, 2.45) is 11.7 Å². The van der Waals surface area contributed by atoms with E-state index < -0.39 is 0 Å². The molecular weight excluding hydrogens is 396 g/mol. The minimum absolute atomic E-state index is 0.153. The third-order valence-corrected chi connectivity index (χ3v) is 5.46. The molecule has 2 aromatic rings. The van der Waals surface area contributed by atoms with Gasteiger partial charge >= 0.3 is 0 Å². The van der Waals surface area contributed by atoms with Gasteiger partial charge in [0.1, 0.15) is 12.4 Å². The predicted molar refractivity (Wildman–Crippen MR) is 118 cm³/mol. The average Bonchev–Trinajstić information content (AvgIpc) is 2.79. The number of fused-ring (bicyclic) bond motifs is 1. The fourth-order valence-corrected chi connectivity index (χ4v) is 3.86. The number of aromatic nitrogens is 1. The lowest BCUT2D eigenvalue weighted by atomic mass is 9.97. The number of nitrogens with one attached hydrogen (secondary N) is 1. The van der Waals surface area contributed by atoms with Crippen molar-refractivity contribution >= 4 is 29.4 Å². The molecule has 2 aliphatic heterocycles. The van der Waals surface area contributed by atoms with Crippen LogP contribution >= 0.6 is 0 Å². The van der Waals surface area contributed by atoms with Crippen molar-refractivity contribution in [2.45, 2.75) is 19.8 Å². The van der Waals surface area contributed by atoms with Crippen LogP contribution in [0.1, 0.15) is 25.3 Å². The number of piperidine rings is 1. The van der Waals surface area contributed by atoms with Crippen LogP contribution in [0.5, 0.6) is 11.5 Å². The SMILES string of the molecule is CCOc1cccc2c1OCC(C(=O)Nc1ccc(N3CCCC(C(N)=O)C3)nc1)=C2. The summed E-state index contributed by atoms with van der Waals surface area (Å²) in [7, 11) is 0. The smallest absolute Gasteiger partial charge is 0.255 e. The Balaban J connectivity index is 1.42. The molecule has 0 saturated carbocycles. The van der Waals surface area contributed by atoms with Crippen molar-refractivity contribution in [1.29, 1.82) is 0 Å². The lowest BCUT2D eigenvalue weighted by molar-refractivity contribution is -0.122. The summed E-state index contributed by atoms with van der Waals surface area (Å²) in [5.41, 5.74) is 7.37. The standard InChI is InChI=1S/C23H26N4O4/c1-2-30-19-7-3-5-15-11-17(14-31-21(15)19)23(29)26-18-8-9-20(25-12-18)27-10-4-6-16(13-27)22(24)28/h3,5,7-9,11-12,16H,2,4,6,10,13-14H2,1H3,(H2,24,28)(H,26,29). The van der Waals surface area contributed by atoms with Gasteiger partial charge in [-0.05, 0) is 44.0 Å². The highest BCUT2D eigenvalue weighted by atomic mass is 16.5. The summed E-state index contributed by atoms with van der Waals surface area (Å²) in [6.45, 7) is 4.02. The number of nitrogens with two attached hydrogens (primary N) is 1. The number of benzene rings is 1. The van der Waals surface area contributed by atoms with Crippen molar-refractivity contribution in [2.75, 3.05) is 36.5 Å². The molecule has 0 spiro atoms. The summed E-state index contributed by atoms with van der Waals surface area (Å²) in [5.74, 6) is 1.43. The van der Waals surface area contributed by atoms with E-state index >= 15 is 0 Å². The Morgan fingerprint density at radius 1 is 1.32 bits per heavy atom. The highest BCUT2D eigenvalue weighted by molar-refractivity contribution is 6.07. The van der Waals surface area contributed by atoms with Gasteiger partial charge in [-0.2, -0.15) is 0 Å². The van der Waals surface area contributed by atoms with Crippen LogP contribution in [-0.2, 0) is 9.59 Å². The first kappa shape index (κ1) is 20.7. The molecule has 1 atom stereocenters. The second-order valence-corrected chi connectivity index (χ2v) is 7.61. The molecule has 0 radical (unpaired) electrons. The Kier molecular flexibility index (Phi) is 6.06. The number of ether oxygens (including phenoxy) is 2. The fourth-order valence-electron chi connectivity index (χ4n) is 3.86. The second kappa shape index (κ2) is 9.07. The summed E-state index contributed by atoms with van der Waals surface area (Å²) in [6, 6.07) is 9.26. The van der Waals surface area contributed by atoms with E-state index in [4.69, 9.17) is 15.2 Å². The summed E-state index contributed by atoms with van der Waals surface area (Å²) < 4.78 is 11.4. The zero-order valence-corrected chi connectivity index (χ0v) is 17.5. The van der Waals surface area contributed by atoms with Gasteiger partial charge in [-0.25, -0.2) is 4.98 Å². The molecule has 0 bridgehead atoms. The Bertz CT molecular complexity index is 1000. The van der Waals surface area contributed by atoms with Gasteiger partial charge in [0.2, 0.25) is 5.91 Å². The quantitative estimate of drug-likeness (QED) is 0.741. The normalized spacial score (nSPS) is 17.8. The van der Waals surface area contributed by atoms with Crippen molar-refractivity contribution in [1.82, 2.24) is 4.98 Å². The molecule has 162 valence electrons. The summed E-state index contributed by atoms with van der Waals surface area (Å²) in [5, 5.41) is 2.87. The highest BCUT2D eigenvalue weighted by Gasteiger charge is 2.25. The first-order valence-electron chi connectivity index (χ1n) is 10.5. The van der Waals surface area contributed by atoms with E-state index in [2.05, 4.69) is 15.2 Å². The second-order valence-electron chi connectivity index (χ2n) is 7.61. The number of para-hydroxylation sites is 1. The molecular formula is C23H26N4O4. The van der Waals surface area contributed by atoms with E-state index in [-0.39, 0.29) is 24.3 Å². The van der Waals surface area contributed by atoms with E-state index in [1.807, 2.05) is 37.3 Å². The molecule has 1 unspecified atom stereocenters. The lowest BCUT2D eigenvalue weighted by Crippen LogP contribution is -2.41. The van der Waals surface area contributed by atoms with Crippen LogP contribution in [0.25, 0.3) is 6.08 Å². The van der Waals surface area contributed by atoms with E-state index in [1.54, 1.807) is 12.3 Å². The number of anilines is 2. The van der Waals surface area contributed by atoms with Crippen molar-refractivity contribution in [3.8, 4) is 11.5 Å². The maximum absolute atomic E-state index is 12.7. The van der Waals surface area contributed by atoms with Crippen molar-refractivity contribution in [3.05, 3.63) is 47.7 Å². The molecule has 2 aliphatic rings. The van der Waals surface area contributed by atoms with Crippen LogP contribution in [0.15, 0.2) is 42.1 Å². The van der Waals surface area contributed by atoms with E-state index in [9.17, 15) is 9.59 Å². The number of hydrogen-bond acceptors (Lipinski definition) is 6. The minimum Gasteiger partial charge on any atom is -0.490 e. The molecule has 3 N–H and O–H groups in total. The van der Waals surface area contributed by atoms with Gasteiger partial charge in [-0.1, -0.05) is 12.1 Å². The van der Waals surface area contributed by atoms with Gasteiger partial charge in [-0.15, -0.1) is 0 Å². The van der Waals surface area contributed by atoms with Crippen LogP contribution in [0, 0.1) is 5.92 Å².